The minimum absolute atomic E-state index is 0.0204. The van der Waals surface area contributed by atoms with Gasteiger partial charge in [-0.2, -0.15) is 0 Å². The van der Waals surface area contributed by atoms with Crippen LogP contribution in [0, 0.1) is 10.1 Å². The van der Waals surface area contributed by atoms with E-state index in [2.05, 4.69) is 26.1 Å². The molecule has 0 saturated carbocycles. The Labute approximate surface area is 185 Å². The van der Waals surface area contributed by atoms with Crippen molar-refractivity contribution >= 4 is 33.4 Å². The number of nitro groups is 1. The van der Waals surface area contributed by atoms with Gasteiger partial charge in [0.15, 0.2) is 11.0 Å². The number of ether oxygens (including phenoxy) is 2. The first-order valence-corrected chi connectivity index (χ1v) is 11.0. The SMILES string of the molecule is COc1ccc(-c2nnc(Sc3ccc(Br)cc3[N+](=O)[O-])n2CC2CCCO2)cc1. The Morgan fingerprint density at radius 3 is 2.77 bits per heavy atom. The number of halogens is 1. The summed E-state index contributed by atoms with van der Waals surface area (Å²) < 4.78 is 13.7. The van der Waals surface area contributed by atoms with E-state index in [9.17, 15) is 10.1 Å². The maximum atomic E-state index is 11.5. The predicted octanol–water partition coefficient (Wildman–Crippen LogP) is 4.95. The fourth-order valence-electron chi connectivity index (χ4n) is 3.29. The summed E-state index contributed by atoms with van der Waals surface area (Å²) in [6, 6.07) is 12.6. The van der Waals surface area contributed by atoms with Crippen molar-refractivity contribution in [2.75, 3.05) is 13.7 Å². The van der Waals surface area contributed by atoms with Crippen molar-refractivity contribution in [1.82, 2.24) is 14.8 Å². The highest BCUT2D eigenvalue weighted by molar-refractivity contribution is 9.10. The van der Waals surface area contributed by atoms with Gasteiger partial charge < -0.3 is 9.47 Å². The van der Waals surface area contributed by atoms with E-state index in [1.54, 1.807) is 19.2 Å². The molecule has 156 valence electrons. The summed E-state index contributed by atoms with van der Waals surface area (Å²) >= 11 is 4.53. The highest BCUT2D eigenvalue weighted by atomic mass is 79.9. The van der Waals surface area contributed by atoms with Gasteiger partial charge in [0, 0.05) is 22.7 Å². The van der Waals surface area contributed by atoms with Crippen LogP contribution >= 0.6 is 27.7 Å². The number of nitrogens with zero attached hydrogens (tertiary/aromatic N) is 4. The molecule has 10 heteroatoms. The number of hydrogen-bond acceptors (Lipinski definition) is 7. The van der Waals surface area contributed by atoms with Crippen molar-refractivity contribution < 1.29 is 14.4 Å². The second-order valence-electron chi connectivity index (χ2n) is 6.75. The highest BCUT2D eigenvalue weighted by Crippen LogP contribution is 2.37. The number of methoxy groups -OCH3 is 1. The van der Waals surface area contributed by atoms with Crippen molar-refractivity contribution in [2.45, 2.75) is 35.5 Å². The molecule has 2 heterocycles. The van der Waals surface area contributed by atoms with E-state index in [4.69, 9.17) is 9.47 Å². The Morgan fingerprint density at radius 2 is 2.10 bits per heavy atom. The molecule has 0 bridgehead atoms. The molecule has 1 aliphatic rings. The lowest BCUT2D eigenvalue weighted by molar-refractivity contribution is -0.387. The molecule has 1 aromatic heterocycles. The Hall–Kier alpha value is -2.43. The second-order valence-corrected chi connectivity index (χ2v) is 8.68. The molecule has 1 fully saturated rings. The van der Waals surface area contributed by atoms with E-state index < -0.39 is 4.92 Å². The van der Waals surface area contributed by atoms with Gasteiger partial charge >= 0.3 is 0 Å². The summed E-state index contributed by atoms with van der Waals surface area (Å²) in [4.78, 5) is 11.6. The first kappa shape index (κ1) is 20.8. The molecule has 3 aromatic rings. The van der Waals surface area contributed by atoms with Gasteiger partial charge in [0.1, 0.15) is 5.75 Å². The average molecular weight is 491 g/mol. The van der Waals surface area contributed by atoms with Crippen LogP contribution in [0.1, 0.15) is 12.8 Å². The fraction of sp³-hybridized carbons (Fsp3) is 0.300. The number of hydrogen-bond donors (Lipinski definition) is 0. The molecule has 0 N–H and O–H groups in total. The van der Waals surface area contributed by atoms with Crippen LogP contribution in [0.3, 0.4) is 0 Å². The average Bonchev–Trinajstić information content (AvgIpc) is 3.40. The molecule has 1 aliphatic heterocycles. The van der Waals surface area contributed by atoms with Crippen molar-refractivity contribution in [3.8, 4) is 17.1 Å². The molecule has 1 unspecified atom stereocenters. The Bertz CT molecular complexity index is 1050. The smallest absolute Gasteiger partial charge is 0.284 e. The van der Waals surface area contributed by atoms with Crippen LogP contribution in [-0.4, -0.2) is 39.5 Å². The number of aromatic nitrogens is 3. The molecule has 0 spiro atoms. The molecule has 8 nitrogen and oxygen atoms in total. The lowest BCUT2D eigenvalue weighted by atomic mass is 10.2. The number of benzene rings is 2. The zero-order chi connectivity index (χ0) is 21.1. The van der Waals surface area contributed by atoms with Gasteiger partial charge in [0.25, 0.3) is 5.69 Å². The summed E-state index contributed by atoms with van der Waals surface area (Å²) in [5, 5.41) is 20.8. The number of rotatable bonds is 7. The van der Waals surface area contributed by atoms with Gasteiger partial charge in [-0.05, 0) is 61.0 Å². The fourth-order valence-corrected chi connectivity index (χ4v) is 4.56. The maximum Gasteiger partial charge on any atom is 0.284 e. The van der Waals surface area contributed by atoms with Crippen LogP contribution < -0.4 is 4.74 Å². The lowest BCUT2D eigenvalue weighted by Crippen LogP contribution is -2.16. The molecule has 30 heavy (non-hydrogen) atoms. The monoisotopic (exact) mass is 490 g/mol. The van der Waals surface area contributed by atoms with E-state index in [1.165, 1.54) is 17.8 Å². The van der Waals surface area contributed by atoms with Gasteiger partial charge in [0.05, 0.1) is 29.6 Å². The van der Waals surface area contributed by atoms with Crippen molar-refractivity contribution in [2.24, 2.45) is 0 Å². The molecule has 1 saturated heterocycles. The van der Waals surface area contributed by atoms with Gasteiger partial charge in [-0.15, -0.1) is 10.2 Å². The van der Waals surface area contributed by atoms with Gasteiger partial charge in [-0.1, -0.05) is 15.9 Å². The largest absolute Gasteiger partial charge is 0.497 e. The Balaban J connectivity index is 1.72. The minimum atomic E-state index is -0.391. The van der Waals surface area contributed by atoms with Crippen LogP contribution in [0.25, 0.3) is 11.4 Å². The van der Waals surface area contributed by atoms with E-state index in [1.807, 2.05) is 28.8 Å². The Kier molecular flexibility index (Phi) is 6.35. The second kappa shape index (κ2) is 9.15. The molecule has 0 amide bonds. The summed E-state index contributed by atoms with van der Waals surface area (Å²) in [5.74, 6) is 1.44. The first-order valence-electron chi connectivity index (χ1n) is 9.36. The van der Waals surface area contributed by atoms with Crippen LogP contribution in [0.2, 0.25) is 0 Å². The third-order valence-corrected chi connectivity index (χ3v) is 6.34. The predicted molar refractivity (Wildman–Crippen MR) is 116 cm³/mol. The van der Waals surface area contributed by atoms with Crippen molar-refractivity contribution in [1.29, 1.82) is 0 Å². The van der Waals surface area contributed by atoms with Crippen LogP contribution in [0.5, 0.6) is 5.75 Å². The zero-order valence-electron chi connectivity index (χ0n) is 16.2. The van der Waals surface area contributed by atoms with Gasteiger partial charge in [-0.25, -0.2) is 0 Å². The minimum Gasteiger partial charge on any atom is -0.497 e. The number of nitro benzene ring substituents is 1. The molecule has 0 radical (unpaired) electrons. The normalized spacial score (nSPS) is 16.0. The zero-order valence-corrected chi connectivity index (χ0v) is 18.6. The summed E-state index contributed by atoms with van der Waals surface area (Å²) in [6.07, 6.45) is 2.05. The molecular formula is C20H19BrN4O4S. The Morgan fingerprint density at radius 1 is 1.30 bits per heavy atom. The molecule has 0 aliphatic carbocycles. The van der Waals surface area contributed by atoms with Crippen LogP contribution in [0.4, 0.5) is 5.69 Å². The van der Waals surface area contributed by atoms with E-state index in [0.29, 0.717) is 26.9 Å². The summed E-state index contributed by atoms with van der Waals surface area (Å²) in [5.41, 5.74) is 0.908. The van der Waals surface area contributed by atoms with Crippen LogP contribution in [-0.2, 0) is 11.3 Å². The van der Waals surface area contributed by atoms with Crippen LogP contribution in [0.15, 0.2) is 57.0 Å². The van der Waals surface area contributed by atoms with Crippen molar-refractivity contribution in [3.63, 3.8) is 0 Å². The lowest BCUT2D eigenvalue weighted by Gasteiger charge is -2.15. The molecule has 4 rings (SSSR count). The summed E-state index contributed by atoms with van der Waals surface area (Å²) in [6.45, 7) is 1.33. The van der Waals surface area contributed by atoms with Gasteiger partial charge in [-0.3, -0.25) is 14.7 Å². The molecule has 1 atom stereocenters. The quantitative estimate of drug-likeness (QED) is 0.341. The summed E-state index contributed by atoms with van der Waals surface area (Å²) in [7, 11) is 1.62. The van der Waals surface area contributed by atoms with Crippen molar-refractivity contribution in [3.05, 3.63) is 57.1 Å². The maximum absolute atomic E-state index is 11.5. The third-order valence-electron chi connectivity index (χ3n) is 4.79. The van der Waals surface area contributed by atoms with E-state index >= 15 is 0 Å². The van der Waals surface area contributed by atoms with Gasteiger partial charge in [0.2, 0.25) is 0 Å². The topological polar surface area (TPSA) is 92.3 Å². The first-order chi connectivity index (χ1) is 14.5. The molecule has 2 aromatic carbocycles. The van der Waals surface area contributed by atoms with E-state index in [0.717, 1.165) is 30.8 Å². The molecular weight excluding hydrogens is 472 g/mol. The van der Waals surface area contributed by atoms with E-state index in [-0.39, 0.29) is 11.8 Å². The third kappa shape index (κ3) is 4.50. The highest BCUT2D eigenvalue weighted by Gasteiger charge is 2.24. The standard InChI is InChI=1S/C20H19BrN4O4S/c1-28-15-7-4-13(5-8-15)19-22-23-20(24(19)12-16-3-2-10-29-16)30-18-9-6-14(21)11-17(18)25(26)27/h4-9,11,16H,2-3,10,12H2,1H3.